The number of H-pyrrole nitrogens is 1. The van der Waals surface area contributed by atoms with Crippen LogP contribution in [0.25, 0.3) is 5.57 Å². The van der Waals surface area contributed by atoms with Crippen molar-refractivity contribution in [2.24, 2.45) is 0 Å². The topological polar surface area (TPSA) is 49.9 Å². The first kappa shape index (κ1) is 6.42. The maximum Gasteiger partial charge on any atom is 0.134 e. The summed E-state index contributed by atoms with van der Waals surface area (Å²) in [6, 6.07) is 0. The number of rotatable bonds is 1. The highest BCUT2D eigenvalue weighted by atomic mass is 16.6. The van der Waals surface area contributed by atoms with E-state index in [1.165, 1.54) is 0 Å². The van der Waals surface area contributed by atoms with E-state index in [9.17, 15) is 0 Å². The molecule has 0 spiro atoms. The summed E-state index contributed by atoms with van der Waals surface area (Å²) in [5, 5.41) is 0. The summed E-state index contributed by atoms with van der Waals surface area (Å²) >= 11 is 0. The molecule has 2 rings (SSSR count). The van der Waals surface area contributed by atoms with Crippen LogP contribution in [0.4, 0.5) is 0 Å². The third-order valence-electron chi connectivity index (χ3n) is 1.59. The lowest BCUT2D eigenvalue weighted by molar-refractivity contribution is 0.0683. The number of hydroxylamine groups is 1. The molecular formula is C7H9N3O. The Labute approximate surface area is 64.2 Å². The van der Waals surface area contributed by atoms with Crippen LogP contribution in [0, 0.1) is 0 Å². The van der Waals surface area contributed by atoms with Gasteiger partial charge in [-0.1, -0.05) is 0 Å². The van der Waals surface area contributed by atoms with Crippen molar-refractivity contribution in [3.63, 3.8) is 0 Å². The van der Waals surface area contributed by atoms with Gasteiger partial charge in [-0.3, -0.25) is 10.3 Å². The van der Waals surface area contributed by atoms with Crippen LogP contribution in [0.1, 0.15) is 12.2 Å². The zero-order valence-corrected chi connectivity index (χ0v) is 6.00. The van der Waals surface area contributed by atoms with Crippen LogP contribution >= 0.6 is 0 Å². The molecule has 0 saturated carbocycles. The average molecular weight is 151 g/mol. The quantitative estimate of drug-likeness (QED) is 0.620. The summed E-state index contributed by atoms with van der Waals surface area (Å²) in [4.78, 5) is 12.1. The van der Waals surface area contributed by atoms with Gasteiger partial charge in [-0.2, -0.15) is 0 Å². The van der Waals surface area contributed by atoms with Crippen LogP contribution in [0.5, 0.6) is 0 Å². The van der Waals surface area contributed by atoms with Crippen LogP contribution < -0.4 is 5.48 Å². The van der Waals surface area contributed by atoms with Crippen molar-refractivity contribution in [3.8, 4) is 0 Å². The average Bonchev–Trinajstić information content (AvgIpc) is 2.58. The zero-order chi connectivity index (χ0) is 7.52. The molecule has 1 aliphatic heterocycles. The fraction of sp³-hybridized carbons (Fsp3) is 0.286. The Bertz CT molecular complexity index is 253. The molecule has 0 amide bonds. The van der Waals surface area contributed by atoms with Crippen LogP contribution in [0.15, 0.2) is 18.6 Å². The van der Waals surface area contributed by atoms with Gasteiger partial charge in [0, 0.05) is 30.6 Å². The number of hydrogen-bond donors (Lipinski definition) is 2. The third-order valence-corrected chi connectivity index (χ3v) is 1.59. The number of aromatic amines is 1. The maximum absolute atomic E-state index is 4.93. The van der Waals surface area contributed by atoms with Crippen LogP contribution in [-0.2, 0) is 4.84 Å². The van der Waals surface area contributed by atoms with Gasteiger partial charge in [0.1, 0.15) is 5.82 Å². The molecule has 2 heterocycles. The molecular weight excluding hydrogens is 142 g/mol. The Morgan fingerprint density at radius 3 is 3.18 bits per heavy atom. The van der Waals surface area contributed by atoms with E-state index in [1.54, 1.807) is 6.20 Å². The van der Waals surface area contributed by atoms with Gasteiger partial charge in [0.05, 0.1) is 6.61 Å². The molecule has 1 aromatic heterocycles. The smallest absolute Gasteiger partial charge is 0.134 e. The SMILES string of the molecule is C1=C(c2ncc[nH]2)CCON1. The Morgan fingerprint density at radius 1 is 1.55 bits per heavy atom. The summed E-state index contributed by atoms with van der Waals surface area (Å²) in [5.41, 5.74) is 3.86. The minimum Gasteiger partial charge on any atom is -0.345 e. The van der Waals surface area contributed by atoms with Gasteiger partial charge in [0.15, 0.2) is 0 Å². The molecule has 0 unspecified atom stereocenters. The summed E-state index contributed by atoms with van der Waals surface area (Å²) in [6.07, 6.45) is 6.28. The van der Waals surface area contributed by atoms with Gasteiger partial charge >= 0.3 is 0 Å². The van der Waals surface area contributed by atoms with Crippen molar-refractivity contribution >= 4 is 5.57 Å². The number of aromatic nitrogens is 2. The minimum absolute atomic E-state index is 0.701. The van der Waals surface area contributed by atoms with E-state index < -0.39 is 0 Å². The third kappa shape index (κ3) is 1.25. The predicted octanol–water partition coefficient (Wildman–Crippen LogP) is 0.675. The number of nitrogens with one attached hydrogen (secondary N) is 2. The molecule has 0 atom stereocenters. The molecule has 11 heavy (non-hydrogen) atoms. The number of hydrogen-bond acceptors (Lipinski definition) is 3. The highest BCUT2D eigenvalue weighted by Gasteiger charge is 2.06. The first-order valence-electron chi connectivity index (χ1n) is 3.53. The molecule has 58 valence electrons. The fourth-order valence-corrected chi connectivity index (χ4v) is 1.03. The molecule has 1 aromatic rings. The van der Waals surface area contributed by atoms with E-state index in [2.05, 4.69) is 15.4 Å². The van der Waals surface area contributed by atoms with E-state index in [-0.39, 0.29) is 0 Å². The minimum atomic E-state index is 0.701. The summed E-state index contributed by atoms with van der Waals surface area (Å²) in [6.45, 7) is 0.701. The van der Waals surface area contributed by atoms with Crippen molar-refractivity contribution in [1.29, 1.82) is 0 Å². The first-order chi connectivity index (χ1) is 5.47. The van der Waals surface area contributed by atoms with Gasteiger partial charge in [-0.25, -0.2) is 4.98 Å². The molecule has 0 aromatic carbocycles. The maximum atomic E-state index is 4.93. The summed E-state index contributed by atoms with van der Waals surface area (Å²) in [5.74, 6) is 0.917. The molecule has 0 bridgehead atoms. The second-order valence-electron chi connectivity index (χ2n) is 2.32. The van der Waals surface area contributed by atoms with Crippen molar-refractivity contribution < 1.29 is 4.84 Å². The normalized spacial score (nSPS) is 17.3. The van der Waals surface area contributed by atoms with Crippen molar-refractivity contribution in [1.82, 2.24) is 15.4 Å². The lowest BCUT2D eigenvalue weighted by atomic mass is 10.2. The largest absolute Gasteiger partial charge is 0.345 e. The zero-order valence-electron chi connectivity index (χ0n) is 6.00. The van der Waals surface area contributed by atoms with Crippen molar-refractivity contribution in [2.45, 2.75) is 6.42 Å². The highest BCUT2D eigenvalue weighted by molar-refractivity contribution is 5.59. The second-order valence-corrected chi connectivity index (χ2v) is 2.32. The summed E-state index contributed by atoms with van der Waals surface area (Å²) < 4.78 is 0. The van der Waals surface area contributed by atoms with E-state index >= 15 is 0 Å². The Balaban J connectivity index is 2.22. The van der Waals surface area contributed by atoms with Crippen molar-refractivity contribution in [2.75, 3.05) is 6.61 Å². The van der Waals surface area contributed by atoms with E-state index in [0.717, 1.165) is 17.8 Å². The number of imidazole rings is 1. The molecule has 0 fully saturated rings. The Morgan fingerprint density at radius 2 is 2.55 bits per heavy atom. The molecule has 2 N–H and O–H groups in total. The molecule has 4 nitrogen and oxygen atoms in total. The highest BCUT2D eigenvalue weighted by Crippen LogP contribution is 2.14. The second kappa shape index (κ2) is 2.75. The van der Waals surface area contributed by atoms with E-state index in [0.29, 0.717) is 6.61 Å². The van der Waals surface area contributed by atoms with E-state index in [1.807, 2.05) is 12.4 Å². The van der Waals surface area contributed by atoms with Crippen LogP contribution in [-0.4, -0.2) is 16.6 Å². The summed E-state index contributed by atoms with van der Waals surface area (Å²) in [7, 11) is 0. The molecule has 1 aliphatic rings. The number of nitrogens with zero attached hydrogens (tertiary/aromatic N) is 1. The molecule has 0 radical (unpaired) electrons. The van der Waals surface area contributed by atoms with Crippen molar-refractivity contribution in [3.05, 3.63) is 24.4 Å². The van der Waals surface area contributed by atoms with E-state index in [4.69, 9.17) is 4.84 Å². The lowest BCUT2D eigenvalue weighted by Gasteiger charge is -2.11. The van der Waals surface area contributed by atoms with Gasteiger partial charge in [0.2, 0.25) is 0 Å². The standard InChI is InChI=1S/C7H9N3O/c1-4-11-10-5-6(1)7-8-2-3-9-7/h2-3,5,10H,1,4H2,(H,8,9). The van der Waals surface area contributed by atoms with Gasteiger partial charge in [-0.15, -0.1) is 0 Å². The van der Waals surface area contributed by atoms with Crippen LogP contribution in [0.2, 0.25) is 0 Å². The van der Waals surface area contributed by atoms with Gasteiger partial charge in [-0.05, 0) is 0 Å². The Kier molecular flexibility index (Phi) is 1.61. The molecule has 4 heteroatoms. The first-order valence-corrected chi connectivity index (χ1v) is 3.53. The fourth-order valence-electron chi connectivity index (χ4n) is 1.03. The molecule has 0 saturated heterocycles. The van der Waals surface area contributed by atoms with Gasteiger partial charge in [0.25, 0.3) is 0 Å². The van der Waals surface area contributed by atoms with Crippen LogP contribution in [0.3, 0.4) is 0 Å². The lowest BCUT2D eigenvalue weighted by Crippen LogP contribution is -2.15. The van der Waals surface area contributed by atoms with Gasteiger partial charge < -0.3 is 4.98 Å². The monoisotopic (exact) mass is 151 g/mol. The predicted molar refractivity (Wildman–Crippen MR) is 40.3 cm³/mol. The Hall–Kier alpha value is -1.29. The molecule has 0 aliphatic carbocycles.